The van der Waals surface area contributed by atoms with Crippen molar-refractivity contribution in [2.75, 3.05) is 6.26 Å². The maximum Gasteiger partial charge on any atom is 0.306 e. The lowest BCUT2D eigenvalue weighted by Gasteiger charge is -2.28. The Labute approximate surface area is 213 Å². The molecule has 190 valence electrons. The molecule has 0 amide bonds. The van der Waals surface area contributed by atoms with Crippen molar-refractivity contribution in [1.82, 2.24) is 4.98 Å². The minimum Gasteiger partial charge on any atom is -0.458 e. The van der Waals surface area contributed by atoms with Gasteiger partial charge in [0.15, 0.2) is 0 Å². The highest BCUT2D eigenvalue weighted by Gasteiger charge is 2.52. The van der Waals surface area contributed by atoms with Gasteiger partial charge >= 0.3 is 5.97 Å². The second-order valence-electron chi connectivity index (χ2n) is 11.1. The van der Waals surface area contributed by atoms with Gasteiger partial charge in [0.1, 0.15) is 16.2 Å². The van der Waals surface area contributed by atoms with Gasteiger partial charge in [-0.1, -0.05) is 52.3 Å². The van der Waals surface area contributed by atoms with E-state index in [9.17, 15) is 9.59 Å². The first kappa shape index (κ1) is 27.4. The topological polar surface area (TPSA) is 68.8 Å². The molecule has 0 spiro atoms. The van der Waals surface area contributed by atoms with Crippen LogP contribution in [0.5, 0.6) is 0 Å². The van der Waals surface area contributed by atoms with E-state index in [1.165, 1.54) is 0 Å². The molecule has 0 N–H and O–H groups in total. The standard InChI is InChI=1S/C27H41NO4S2/c1-17-9-8-11-27(6)22(32-27)15-21(18(2)14-20-16-34-25(28-20)33-7)31-23(29)10-12-26(4,5)24(30)19(3)13-17/h14,16-17,19,21-22H,8-13,15H2,1-7H3/b18-14+. The molecule has 34 heavy (non-hydrogen) atoms. The van der Waals surface area contributed by atoms with Crippen LogP contribution in [-0.2, 0) is 19.1 Å². The zero-order valence-electron chi connectivity index (χ0n) is 21.8. The molecule has 0 aliphatic carbocycles. The fourth-order valence-electron chi connectivity index (χ4n) is 5.14. The third-order valence-electron chi connectivity index (χ3n) is 7.49. The highest BCUT2D eigenvalue weighted by atomic mass is 32.2. The third kappa shape index (κ3) is 7.17. The van der Waals surface area contributed by atoms with Crippen molar-refractivity contribution < 1.29 is 19.1 Å². The number of aromatic nitrogens is 1. The molecule has 3 heterocycles. The molecule has 3 rings (SSSR count). The first-order valence-electron chi connectivity index (χ1n) is 12.5. The zero-order chi connectivity index (χ0) is 25.1. The van der Waals surface area contributed by atoms with Crippen molar-refractivity contribution in [1.29, 1.82) is 0 Å². The SMILES string of the molecule is CSc1nc(/C=C(\C)C2CC3OC3(C)CCCC(C)CC(C)C(=O)C(C)(C)CCC(=O)O2)cs1. The molecule has 7 heteroatoms. The van der Waals surface area contributed by atoms with Gasteiger partial charge in [0.25, 0.3) is 0 Å². The van der Waals surface area contributed by atoms with E-state index >= 15 is 0 Å². The van der Waals surface area contributed by atoms with E-state index in [1.54, 1.807) is 23.1 Å². The Hall–Kier alpha value is -1.18. The van der Waals surface area contributed by atoms with Crippen molar-refractivity contribution in [2.24, 2.45) is 17.3 Å². The summed E-state index contributed by atoms with van der Waals surface area (Å²) in [5.41, 5.74) is 1.17. The van der Waals surface area contributed by atoms with Crippen LogP contribution in [-0.4, -0.2) is 40.8 Å². The monoisotopic (exact) mass is 507 g/mol. The number of nitrogens with zero attached hydrogens (tertiary/aromatic N) is 1. The minimum atomic E-state index is -0.539. The number of Topliss-reactive ketones (excluding diaryl/α,β-unsaturated/α-hetero) is 1. The number of thioether (sulfide) groups is 1. The number of thiazole rings is 1. The van der Waals surface area contributed by atoms with Crippen LogP contribution >= 0.6 is 23.1 Å². The summed E-state index contributed by atoms with van der Waals surface area (Å²) in [4.78, 5) is 30.6. The minimum absolute atomic E-state index is 0.00310. The molecule has 0 aromatic carbocycles. The van der Waals surface area contributed by atoms with Gasteiger partial charge in [-0.05, 0) is 56.9 Å². The van der Waals surface area contributed by atoms with Gasteiger partial charge in [-0.3, -0.25) is 9.59 Å². The normalized spacial score (nSPS) is 33.8. The van der Waals surface area contributed by atoms with Crippen molar-refractivity contribution in [3.05, 3.63) is 16.6 Å². The van der Waals surface area contributed by atoms with Crippen LogP contribution in [0.25, 0.3) is 6.08 Å². The van der Waals surface area contributed by atoms with Crippen molar-refractivity contribution in [3.8, 4) is 0 Å². The van der Waals surface area contributed by atoms with Gasteiger partial charge in [0, 0.05) is 29.6 Å². The Kier molecular flexibility index (Phi) is 9.07. The number of hydrogen-bond acceptors (Lipinski definition) is 7. The van der Waals surface area contributed by atoms with Gasteiger partial charge in [-0.15, -0.1) is 11.3 Å². The first-order valence-corrected chi connectivity index (χ1v) is 14.6. The predicted octanol–water partition coefficient (Wildman–Crippen LogP) is 6.95. The van der Waals surface area contributed by atoms with E-state index in [-0.39, 0.29) is 41.9 Å². The molecule has 2 aliphatic rings. The number of cyclic esters (lactones) is 1. The summed E-state index contributed by atoms with van der Waals surface area (Å²) in [5.74, 6) is 0.488. The van der Waals surface area contributed by atoms with Crippen molar-refractivity contribution in [3.63, 3.8) is 0 Å². The van der Waals surface area contributed by atoms with Gasteiger partial charge in [-0.2, -0.15) is 0 Å². The molecule has 1 aromatic rings. The number of rotatable bonds is 3. The number of ketones is 1. The Bertz CT molecular complexity index is 908. The fraction of sp³-hybridized carbons (Fsp3) is 0.741. The Morgan fingerprint density at radius 2 is 1.94 bits per heavy atom. The molecule has 0 saturated carbocycles. The van der Waals surface area contributed by atoms with Gasteiger partial charge in [-0.25, -0.2) is 4.98 Å². The van der Waals surface area contributed by atoms with Gasteiger partial charge in [0.05, 0.1) is 17.4 Å². The highest BCUT2D eigenvalue weighted by Crippen LogP contribution is 2.45. The van der Waals surface area contributed by atoms with E-state index in [0.717, 1.165) is 41.3 Å². The average molecular weight is 508 g/mol. The fourth-order valence-corrected chi connectivity index (χ4v) is 6.36. The highest BCUT2D eigenvalue weighted by molar-refractivity contribution is 8.00. The molecule has 5 atom stereocenters. The van der Waals surface area contributed by atoms with Crippen LogP contribution in [0.3, 0.4) is 0 Å². The number of carbonyl (C=O) groups excluding carboxylic acids is 2. The summed E-state index contributed by atoms with van der Waals surface area (Å²) in [5, 5.41) is 2.03. The second-order valence-corrected chi connectivity index (χ2v) is 13.1. The van der Waals surface area contributed by atoms with E-state index < -0.39 is 5.41 Å². The number of hydrogen-bond donors (Lipinski definition) is 0. The smallest absolute Gasteiger partial charge is 0.306 e. The molecule has 1 aromatic heterocycles. The number of fused-ring (bicyclic) bond motifs is 1. The van der Waals surface area contributed by atoms with Gasteiger partial charge in [0.2, 0.25) is 0 Å². The predicted molar refractivity (Wildman–Crippen MR) is 140 cm³/mol. The Balaban J connectivity index is 1.79. The first-order chi connectivity index (χ1) is 15.9. The van der Waals surface area contributed by atoms with E-state index in [0.29, 0.717) is 18.8 Å². The molecule has 0 bridgehead atoms. The maximum absolute atomic E-state index is 13.1. The molecule has 2 saturated heterocycles. The van der Waals surface area contributed by atoms with Crippen LogP contribution in [0.15, 0.2) is 15.3 Å². The van der Waals surface area contributed by atoms with Crippen LogP contribution in [0.1, 0.15) is 92.2 Å². The van der Waals surface area contributed by atoms with E-state index in [1.807, 2.05) is 45.4 Å². The molecule has 2 aliphatic heterocycles. The number of esters is 1. The molecule has 2 fully saturated rings. The zero-order valence-corrected chi connectivity index (χ0v) is 23.4. The summed E-state index contributed by atoms with van der Waals surface area (Å²) in [7, 11) is 0. The van der Waals surface area contributed by atoms with Crippen LogP contribution < -0.4 is 0 Å². The summed E-state index contributed by atoms with van der Waals surface area (Å²) in [6.45, 7) is 12.4. The maximum atomic E-state index is 13.1. The number of carbonyl (C=O) groups is 2. The lowest BCUT2D eigenvalue weighted by atomic mass is 9.75. The number of ether oxygens (including phenoxy) is 2. The van der Waals surface area contributed by atoms with E-state index in [4.69, 9.17) is 9.47 Å². The lowest BCUT2D eigenvalue weighted by Crippen LogP contribution is -2.32. The van der Waals surface area contributed by atoms with Gasteiger partial charge < -0.3 is 9.47 Å². The average Bonchev–Trinajstić information content (AvgIpc) is 3.17. The molecular weight excluding hydrogens is 466 g/mol. The lowest BCUT2D eigenvalue weighted by molar-refractivity contribution is -0.148. The van der Waals surface area contributed by atoms with Crippen molar-refractivity contribution >= 4 is 40.9 Å². The van der Waals surface area contributed by atoms with Crippen LogP contribution in [0.4, 0.5) is 0 Å². The third-order valence-corrected chi connectivity index (χ3v) is 9.37. The van der Waals surface area contributed by atoms with Crippen LogP contribution in [0, 0.1) is 17.3 Å². The molecule has 5 nitrogen and oxygen atoms in total. The molecule has 5 unspecified atom stereocenters. The van der Waals surface area contributed by atoms with Crippen LogP contribution in [0.2, 0.25) is 0 Å². The summed E-state index contributed by atoms with van der Waals surface area (Å²) in [6, 6.07) is 0. The quantitative estimate of drug-likeness (QED) is 0.250. The second kappa shape index (κ2) is 11.3. The Morgan fingerprint density at radius 3 is 2.62 bits per heavy atom. The Morgan fingerprint density at radius 1 is 1.21 bits per heavy atom. The summed E-state index contributed by atoms with van der Waals surface area (Å²) >= 11 is 3.24. The largest absolute Gasteiger partial charge is 0.458 e. The number of epoxide rings is 1. The summed E-state index contributed by atoms with van der Waals surface area (Å²) < 4.78 is 13.2. The summed E-state index contributed by atoms with van der Waals surface area (Å²) in [6.07, 6.45) is 9.22. The van der Waals surface area contributed by atoms with Crippen molar-refractivity contribution in [2.45, 2.75) is 109 Å². The molecule has 0 radical (unpaired) electrons. The van der Waals surface area contributed by atoms with E-state index in [2.05, 4.69) is 18.8 Å². The molecular formula is C27H41NO4S2.